The van der Waals surface area contributed by atoms with E-state index >= 15 is 0 Å². The summed E-state index contributed by atoms with van der Waals surface area (Å²) in [7, 11) is 0. The Morgan fingerprint density at radius 3 is 2.66 bits per heavy atom. The van der Waals surface area contributed by atoms with Crippen molar-refractivity contribution in [2.75, 3.05) is 11.5 Å². The summed E-state index contributed by atoms with van der Waals surface area (Å²) in [6, 6.07) is 13.3. The van der Waals surface area contributed by atoms with E-state index in [9.17, 15) is 14.4 Å². The second-order valence-corrected chi connectivity index (χ2v) is 7.89. The van der Waals surface area contributed by atoms with Crippen molar-refractivity contribution < 1.29 is 19.1 Å². The number of ether oxygens (including phenoxy) is 1. The zero-order valence-electron chi connectivity index (χ0n) is 15.2. The molecule has 1 N–H and O–H groups in total. The lowest BCUT2D eigenvalue weighted by Gasteiger charge is -2.26. The number of benzene rings is 2. The van der Waals surface area contributed by atoms with Crippen LogP contribution in [0.4, 0.5) is 5.69 Å². The van der Waals surface area contributed by atoms with Gasteiger partial charge in [-0.2, -0.15) is 5.10 Å². The van der Waals surface area contributed by atoms with Crippen LogP contribution in [0.3, 0.4) is 0 Å². The number of esters is 1. The van der Waals surface area contributed by atoms with Crippen LogP contribution in [-0.2, 0) is 24.7 Å². The molecule has 2 aromatic carbocycles. The smallest absolute Gasteiger partial charge is 0.355 e. The van der Waals surface area contributed by atoms with Crippen LogP contribution in [0, 0.1) is 5.92 Å². The third-order valence-electron chi connectivity index (χ3n) is 4.92. The van der Waals surface area contributed by atoms with Gasteiger partial charge in [-0.15, -0.1) is 0 Å². The molecule has 2 aromatic rings. The number of carbonyl (C=O) groups is 3. The van der Waals surface area contributed by atoms with Crippen LogP contribution >= 0.6 is 27.5 Å². The number of hydrogen-bond donors (Lipinski definition) is 1. The molecule has 148 valence electrons. The molecular weight excluding hydrogens is 462 g/mol. The van der Waals surface area contributed by atoms with Gasteiger partial charge in [0.15, 0.2) is 11.3 Å². The number of rotatable bonds is 4. The van der Waals surface area contributed by atoms with E-state index in [4.69, 9.17) is 16.3 Å². The Labute approximate surface area is 179 Å². The molecule has 0 spiro atoms. The molecule has 1 fully saturated rings. The molecule has 29 heavy (non-hydrogen) atoms. The summed E-state index contributed by atoms with van der Waals surface area (Å²) in [6.45, 7) is 1.78. The Morgan fingerprint density at radius 1 is 1.28 bits per heavy atom. The molecule has 4 rings (SSSR count). The maximum Gasteiger partial charge on any atom is 0.355 e. The summed E-state index contributed by atoms with van der Waals surface area (Å²) < 4.78 is 5.77. The van der Waals surface area contributed by atoms with E-state index in [0.29, 0.717) is 20.7 Å². The number of anilines is 1. The number of hydrazone groups is 1. The monoisotopic (exact) mass is 475 g/mol. The van der Waals surface area contributed by atoms with Crippen molar-refractivity contribution in [3.8, 4) is 0 Å². The Bertz CT molecular complexity index is 1060. The predicted octanol–water partition coefficient (Wildman–Crippen LogP) is 3.01. The summed E-state index contributed by atoms with van der Waals surface area (Å²) in [5.74, 6) is -2.98. The van der Waals surface area contributed by atoms with Crippen LogP contribution in [0.2, 0.25) is 5.02 Å². The van der Waals surface area contributed by atoms with Crippen molar-refractivity contribution >= 4 is 56.7 Å². The van der Waals surface area contributed by atoms with Crippen LogP contribution in [0.5, 0.6) is 0 Å². The minimum absolute atomic E-state index is 0.121. The van der Waals surface area contributed by atoms with Crippen LogP contribution < -0.4 is 10.3 Å². The van der Waals surface area contributed by atoms with Crippen LogP contribution in [0.1, 0.15) is 12.5 Å². The fourth-order valence-electron chi connectivity index (χ4n) is 3.66. The number of imide groups is 1. The fourth-order valence-corrected chi connectivity index (χ4v) is 4.17. The first kappa shape index (κ1) is 19.6. The van der Waals surface area contributed by atoms with Gasteiger partial charge in [0, 0.05) is 9.50 Å². The van der Waals surface area contributed by atoms with Crippen LogP contribution in [-0.4, -0.2) is 30.1 Å². The number of hydrogen-bond acceptors (Lipinski definition) is 6. The van der Waals surface area contributed by atoms with E-state index in [1.165, 1.54) is 0 Å². The zero-order chi connectivity index (χ0) is 20.8. The maximum atomic E-state index is 13.6. The summed E-state index contributed by atoms with van der Waals surface area (Å²) in [6.07, 6.45) is 0. The summed E-state index contributed by atoms with van der Waals surface area (Å²) in [5.41, 5.74) is 1.96. The minimum Gasteiger partial charge on any atom is -0.461 e. The van der Waals surface area contributed by atoms with E-state index < -0.39 is 29.2 Å². The molecule has 2 heterocycles. The lowest BCUT2D eigenvalue weighted by atomic mass is 9.79. The lowest BCUT2D eigenvalue weighted by Crippen LogP contribution is -2.48. The molecule has 0 bridgehead atoms. The summed E-state index contributed by atoms with van der Waals surface area (Å²) in [5, 5.41) is 4.52. The van der Waals surface area contributed by atoms with Crippen molar-refractivity contribution in [1.29, 1.82) is 0 Å². The molecular formula is C20H15BrClN3O4. The Balaban J connectivity index is 1.87. The molecule has 0 radical (unpaired) electrons. The third kappa shape index (κ3) is 2.94. The molecule has 1 saturated heterocycles. The van der Waals surface area contributed by atoms with E-state index in [-0.39, 0.29) is 12.3 Å². The minimum atomic E-state index is -1.55. The van der Waals surface area contributed by atoms with Gasteiger partial charge in [-0.1, -0.05) is 45.7 Å². The number of nitrogens with zero attached hydrogens (tertiary/aromatic N) is 2. The van der Waals surface area contributed by atoms with Gasteiger partial charge in [0.05, 0.1) is 12.3 Å². The average Bonchev–Trinajstić information content (AvgIpc) is 3.19. The quantitative estimate of drug-likeness (QED) is 0.541. The van der Waals surface area contributed by atoms with Crippen molar-refractivity contribution in [3.05, 3.63) is 63.6 Å². The molecule has 2 unspecified atom stereocenters. The zero-order valence-corrected chi connectivity index (χ0v) is 17.5. The molecule has 0 saturated carbocycles. The van der Waals surface area contributed by atoms with Crippen molar-refractivity contribution in [2.45, 2.75) is 12.5 Å². The molecule has 0 aromatic heterocycles. The maximum absolute atomic E-state index is 13.6. The number of fused-ring (bicyclic) bond motifs is 1. The highest BCUT2D eigenvalue weighted by Crippen LogP contribution is 2.45. The normalized spacial score (nSPS) is 22.9. The molecule has 2 amide bonds. The standard InChI is InChI=1S/C20H15BrClN3O4/c1-2-29-18(27)16-15-17(26)25(14-5-3-4-12(21)10-14)19(28)20(15,24-23-16)11-6-8-13(22)9-7-11/h3-10,15,24H,2H2,1H3. The first-order chi connectivity index (χ1) is 13.9. The second kappa shape index (κ2) is 7.27. The number of nitrogens with one attached hydrogen (secondary N) is 1. The molecule has 9 heteroatoms. The topological polar surface area (TPSA) is 88.1 Å². The highest BCUT2D eigenvalue weighted by molar-refractivity contribution is 9.10. The van der Waals surface area contributed by atoms with Crippen molar-refractivity contribution in [3.63, 3.8) is 0 Å². The van der Waals surface area contributed by atoms with E-state index in [2.05, 4.69) is 26.5 Å². The van der Waals surface area contributed by atoms with Gasteiger partial charge in [0.25, 0.3) is 5.91 Å². The molecule has 0 aliphatic carbocycles. The van der Waals surface area contributed by atoms with E-state index in [0.717, 1.165) is 4.90 Å². The number of amides is 2. The first-order valence-electron chi connectivity index (χ1n) is 8.82. The number of halogens is 2. The summed E-state index contributed by atoms with van der Waals surface area (Å²) in [4.78, 5) is 40.6. The average molecular weight is 477 g/mol. The number of carbonyl (C=O) groups excluding carboxylic acids is 3. The van der Waals surface area contributed by atoms with E-state index in [1.54, 1.807) is 55.5 Å². The van der Waals surface area contributed by atoms with Gasteiger partial charge in [0.1, 0.15) is 5.92 Å². The molecule has 2 aliphatic heterocycles. The Hall–Kier alpha value is -2.71. The molecule has 2 atom stereocenters. The highest BCUT2D eigenvalue weighted by Gasteiger charge is 2.67. The molecule has 7 nitrogen and oxygen atoms in total. The van der Waals surface area contributed by atoms with E-state index in [1.807, 2.05) is 0 Å². The Kier molecular flexibility index (Phi) is 4.92. The lowest BCUT2D eigenvalue weighted by molar-refractivity contribution is -0.136. The van der Waals surface area contributed by atoms with Gasteiger partial charge in [0.2, 0.25) is 5.91 Å². The third-order valence-corrected chi connectivity index (χ3v) is 5.66. The van der Waals surface area contributed by atoms with Crippen LogP contribution in [0.25, 0.3) is 0 Å². The van der Waals surface area contributed by atoms with Crippen LogP contribution in [0.15, 0.2) is 58.1 Å². The Morgan fingerprint density at radius 2 is 2.00 bits per heavy atom. The van der Waals surface area contributed by atoms with Gasteiger partial charge in [-0.3, -0.25) is 15.0 Å². The SMILES string of the molecule is CCOC(=O)C1=NNC2(c3ccc(Cl)cc3)C(=O)N(c3cccc(Br)c3)C(=O)C12. The second-order valence-electron chi connectivity index (χ2n) is 6.54. The molecule has 2 aliphatic rings. The largest absolute Gasteiger partial charge is 0.461 e. The van der Waals surface area contributed by atoms with Gasteiger partial charge in [-0.25, -0.2) is 9.69 Å². The van der Waals surface area contributed by atoms with Crippen molar-refractivity contribution in [2.24, 2.45) is 11.0 Å². The van der Waals surface area contributed by atoms with Gasteiger partial charge >= 0.3 is 5.97 Å². The van der Waals surface area contributed by atoms with Gasteiger partial charge < -0.3 is 4.74 Å². The fraction of sp³-hybridized carbons (Fsp3) is 0.200. The van der Waals surface area contributed by atoms with Crippen molar-refractivity contribution in [1.82, 2.24) is 5.43 Å². The van der Waals surface area contributed by atoms with Gasteiger partial charge in [-0.05, 0) is 42.8 Å². The summed E-state index contributed by atoms with van der Waals surface area (Å²) >= 11 is 9.35. The predicted molar refractivity (Wildman–Crippen MR) is 110 cm³/mol. The first-order valence-corrected chi connectivity index (χ1v) is 9.99. The highest BCUT2D eigenvalue weighted by atomic mass is 79.9.